The summed E-state index contributed by atoms with van der Waals surface area (Å²) in [5, 5.41) is 2.96. The molecule has 80 valence electrons. The molecule has 0 saturated heterocycles. The SMILES string of the molecule is CN(C(=O)NC1CCC1)c1ccccn1. The lowest BCUT2D eigenvalue weighted by molar-refractivity contribution is 0.235. The van der Waals surface area contributed by atoms with Crippen molar-refractivity contribution in [3.8, 4) is 0 Å². The van der Waals surface area contributed by atoms with Gasteiger partial charge in [-0.25, -0.2) is 9.78 Å². The fraction of sp³-hybridized carbons (Fsp3) is 0.455. The van der Waals surface area contributed by atoms with Crippen LogP contribution >= 0.6 is 0 Å². The van der Waals surface area contributed by atoms with Crippen molar-refractivity contribution in [1.82, 2.24) is 10.3 Å². The number of hydrogen-bond donors (Lipinski definition) is 1. The van der Waals surface area contributed by atoms with Crippen LogP contribution < -0.4 is 10.2 Å². The summed E-state index contributed by atoms with van der Waals surface area (Å²) in [6.45, 7) is 0. The van der Waals surface area contributed by atoms with Crippen molar-refractivity contribution in [3.05, 3.63) is 24.4 Å². The molecule has 0 unspecified atom stereocenters. The van der Waals surface area contributed by atoms with Crippen molar-refractivity contribution in [2.45, 2.75) is 25.3 Å². The zero-order valence-electron chi connectivity index (χ0n) is 8.81. The van der Waals surface area contributed by atoms with Crippen LogP contribution in [0.15, 0.2) is 24.4 Å². The second-order valence-corrected chi connectivity index (χ2v) is 3.82. The van der Waals surface area contributed by atoms with Crippen molar-refractivity contribution >= 4 is 11.8 Å². The van der Waals surface area contributed by atoms with Gasteiger partial charge in [-0.2, -0.15) is 0 Å². The number of nitrogens with zero attached hydrogens (tertiary/aromatic N) is 2. The van der Waals surface area contributed by atoms with Crippen LogP contribution in [-0.4, -0.2) is 24.1 Å². The van der Waals surface area contributed by atoms with Gasteiger partial charge in [0.1, 0.15) is 5.82 Å². The number of urea groups is 1. The van der Waals surface area contributed by atoms with Crippen LogP contribution in [-0.2, 0) is 0 Å². The maximum absolute atomic E-state index is 11.7. The Morgan fingerprint density at radius 3 is 2.87 bits per heavy atom. The number of rotatable bonds is 2. The average molecular weight is 205 g/mol. The fourth-order valence-corrected chi connectivity index (χ4v) is 1.48. The maximum atomic E-state index is 11.7. The number of carbonyl (C=O) groups excluding carboxylic acids is 1. The van der Waals surface area contributed by atoms with Crippen LogP contribution in [0.25, 0.3) is 0 Å². The minimum absolute atomic E-state index is 0.0709. The van der Waals surface area contributed by atoms with Gasteiger partial charge in [0.25, 0.3) is 0 Å². The number of aromatic nitrogens is 1. The Bertz CT molecular complexity index is 335. The predicted octanol–water partition coefficient (Wildman–Crippen LogP) is 1.78. The Hall–Kier alpha value is -1.58. The van der Waals surface area contributed by atoms with Crippen molar-refractivity contribution in [2.24, 2.45) is 0 Å². The number of pyridine rings is 1. The highest BCUT2D eigenvalue weighted by molar-refractivity contribution is 5.90. The summed E-state index contributed by atoms with van der Waals surface area (Å²) in [5.74, 6) is 0.675. The lowest BCUT2D eigenvalue weighted by Crippen LogP contribution is -2.46. The van der Waals surface area contributed by atoms with Crippen molar-refractivity contribution in [2.75, 3.05) is 11.9 Å². The highest BCUT2D eigenvalue weighted by Gasteiger charge is 2.21. The third-order valence-electron chi connectivity index (χ3n) is 2.73. The minimum atomic E-state index is -0.0709. The van der Waals surface area contributed by atoms with E-state index in [0.29, 0.717) is 11.9 Å². The molecule has 0 aromatic carbocycles. The van der Waals surface area contributed by atoms with Crippen molar-refractivity contribution in [3.63, 3.8) is 0 Å². The molecule has 1 saturated carbocycles. The molecule has 0 atom stereocenters. The van der Waals surface area contributed by atoms with Crippen LogP contribution in [0.2, 0.25) is 0 Å². The lowest BCUT2D eigenvalue weighted by atomic mass is 9.93. The van der Waals surface area contributed by atoms with E-state index in [1.54, 1.807) is 18.1 Å². The summed E-state index contributed by atoms with van der Waals surface area (Å²) in [5.41, 5.74) is 0. The quantitative estimate of drug-likeness (QED) is 0.799. The molecule has 0 bridgehead atoms. The zero-order chi connectivity index (χ0) is 10.7. The van der Waals surface area contributed by atoms with Gasteiger partial charge in [0.2, 0.25) is 0 Å². The fourth-order valence-electron chi connectivity index (χ4n) is 1.48. The van der Waals surface area contributed by atoms with Crippen molar-refractivity contribution in [1.29, 1.82) is 0 Å². The van der Waals surface area contributed by atoms with Crippen LogP contribution in [0.3, 0.4) is 0 Å². The molecule has 1 aliphatic rings. The number of hydrogen-bond acceptors (Lipinski definition) is 2. The van der Waals surface area contributed by atoms with Crippen LogP contribution in [0.4, 0.5) is 10.6 Å². The zero-order valence-corrected chi connectivity index (χ0v) is 8.81. The normalized spacial score (nSPS) is 15.5. The third kappa shape index (κ3) is 2.26. The van der Waals surface area contributed by atoms with Gasteiger partial charge in [-0.1, -0.05) is 6.07 Å². The standard InChI is InChI=1S/C11H15N3O/c1-14(10-7-2-3-8-12-10)11(15)13-9-5-4-6-9/h2-3,7-9H,4-6H2,1H3,(H,13,15). The Morgan fingerprint density at radius 1 is 1.53 bits per heavy atom. The first-order valence-electron chi connectivity index (χ1n) is 5.22. The summed E-state index contributed by atoms with van der Waals surface area (Å²) in [4.78, 5) is 17.4. The molecule has 1 aliphatic carbocycles. The minimum Gasteiger partial charge on any atom is -0.335 e. The lowest BCUT2D eigenvalue weighted by Gasteiger charge is -2.28. The molecule has 1 N–H and O–H groups in total. The molecule has 2 rings (SSSR count). The summed E-state index contributed by atoms with van der Waals surface area (Å²) >= 11 is 0. The van der Waals surface area contributed by atoms with Gasteiger partial charge in [-0.05, 0) is 31.4 Å². The topological polar surface area (TPSA) is 45.2 Å². The Morgan fingerprint density at radius 2 is 2.33 bits per heavy atom. The number of amides is 2. The second-order valence-electron chi connectivity index (χ2n) is 3.82. The van der Waals surface area contributed by atoms with Gasteiger partial charge in [-0.15, -0.1) is 0 Å². The van der Waals surface area contributed by atoms with E-state index < -0.39 is 0 Å². The molecule has 0 aliphatic heterocycles. The molecule has 1 aromatic rings. The highest BCUT2D eigenvalue weighted by atomic mass is 16.2. The molecule has 0 spiro atoms. The number of carbonyl (C=O) groups is 1. The second kappa shape index (κ2) is 4.29. The Labute approximate surface area is 89.3 Å². The first-order valence-corrected chi connectivity index (χ1v) is 5.22. The molecule has 1 fully saturated rings. The number of anilines is 1. The van der Waals surface area contributed by atoms with Gasteiger partial charge in [0.05, 0.1) is 0 Å². The average Bonchev–Trinajstić information content (AvgIpc) is 2.23. The van der Waals surface area contributed by atoms with E-state index in [4.69, 9.17) is 0 Å². The number of nitrogens with one attached hydrogen (secondary N) is 1. The monoisotopic (exact) mass is 205 g/mol. The van der Waals surface area contributed by atoms with Gasteiger partial charge < -0.3 is 5.32 Å². The summed E-state index contributed by atoms with van der Waals surface area (Å²) in [6, 6.07) is 5.82. The Balaban J connectivity index is 1.94. The summed E-state index contributed by atoms with van der Waals surface area (Å²) in [7, 11) is 1.73. The third-order valence-corrected chi connectivity index (χ3v) is 2.73. The van der Waals surface area contributed by atoms with Crippen LogP contribution in [0.1, 0.15) is 19.3 Å². The first kappa shape index (κ1) is 9.96. The molecular formula is C11H15N3O. The molecule has 4 heteroatoms. The van der Waals surface area contributed by atoms with E-state index in [1.165, 1.54) is 6.42 Å². The van der Waals surface area contributed by atoms with Gasteiger partial charge in [0, 0.05) is 19.3 Å². The molecule has 4 nitrogen and oxygen atoms in total. The van der Waals surface area contributed by atoms with Gasteiger partial charge >= 0.3 is 6.03 Å². The molecular weight excluding hydrogens is 190 g/mol. The van der Waals surface area contributed by atoms with E-state index >= 15 is 0 Å². The molecule has 0 radical (unpaired) electrons. The van der Waals surface area contributed by atoms with Gasteiger partial charge in [-0.3, -0.25) is 4.90 Å². The van der Waals surface area contributed by atoms with E-state index in [1.807, 2.05) is 18.2 Å². The van der Waals surface area contributed by atoms with E-state index in [-0.39, 0.29) is 6.03 Å². The highest BCUT2D eigenvalue weighted by Crippen LogP contribution is 2.18. The molecule has 1 aromatic heterocycles. The van der Waals surface area contributed by atoms with Gasteiger partial charge in [0.15, 0.2) is 0 Å². The van der Waals surface area contributed by atoms with E-state index in [0.717, 1.165) is 12.8 Å². The van der Waals surface area contributed by atoms with E-state index in [9.17, 15) is 4.79 Å². The molecule has 1 heterocycles. The summed E-state index contributed by atoms with van der Waals surface area (Å²) < 4.78 is 0. The van der Waals surface area contributed by atoms with E-state index in [2.05, 4.69) is 10.3 Å². The first-order chi connectivity index (χ1) is 7.27. The maximum Gasteiger partial charge on any atom is 0.323 e. The van der Waals surface area contributed by atoms with Crippen LogP contribution in [0, 0.1) is 0 Å². The van der Waals surface area contributed by atoms with Crippen molar-refractivity contribution < 1.29 is 4.79 Å². The predicted molar refractivity (Wildman–Crippen MR) is 58.8 cm³/mol. The Kier molecular flexibility index (Phi) is 2.85. The van der Waals surface area contributed by atoms with Crippen LogP contribution in [0.5, 0.6) is 0 Å². The molecule has 15 heavy (non-hydrogen) atoms. The largest absolute Gasteiger partial charge is 0.335 e. The smallest absolute Gasteiger partial charge is 0.323 e. The molecule has 2 amide bonds. The summed E-state index contributed by atoms with van der Waals surface area (Å²) in [6.07, 6.45) is 5.10.